The maximum atomic E-state index is 8.97. The van der Waals surface area contributed by atoms with E-state index in [-0.39, 0.29) is 0 Å². The minimum Gasteiger partial charge on any atom is -0.387 e. The second-order valence-corrected chi connectivity index (χ2v) is 3.68. The summed E-state index contributed by atoms with van der Waals surface area (Å²) in [6, 6.07) is 0. The zero-order valence-electron chi connectivity index (χ0n) is 4.71. The van der Waals surface area contributed by atoms with E-state index in [1.54, 1.807) is 6.92 Å². The monoisotopic (exact) mass is 208 g/mol. The first-order valence-electron chi connectivity index (χ1n) is 2.37. The third kappa shape index (κ3) is 1.47. The first-order valence-corrected chi connectivity index (χ1v) is 3.94. The molecule has 1 unspecified atom stereocenters. The molecule has 1 atom stereocenters. The van der Waals surface area contributed by atoms with Crippen molar-refractivity contribution in [1.82, 2.24) is 9.59 Å². The molecule has 0 saturated heterocycles. The molecule has 0 bridgehead atoms. The largest absolute Gasteiger partial charge is 0.387 e. The zero-order chi connectivity index (χ0) is 6.85. The molecule has 3 nitrogen and oxygen atoms in total. The third-order valence-electron chi connectivity index (χ3n) is 0.867. The normalized spacial score (nSPS) is 13.7. The molecule has 0 aromatic carbocycles. The van der Waals surface area contributed by atoms with Crippen LogP contribution >= 0.6 is 27.5 Å². The van der Waals surface area contributed by atoms with Gasteiger partial charge < -0.3 is 5.11 Å². The number of aromatic nitrogens is 2. The molecule has 1 rings (SSSR count). The van der Waals surface area contributed by atoms with Gasteiger partial charge in [-0.05, 0) is 34.4 Å². The number of halogens is 1. The third-order valence-corrected chi connectivity index (χ3v) is 2.24. The lowest BCUT2D eigenvalue weighted by molar-refractivity contribution is 0.193. The second-order valence-electron chi connectivity index (χ2n) is 1.61. The molecule has 1 aromatic rings. The number of hydrogen-bond donors (Lipinski definition) is 1. The van der Waals surface area contributed by atoms with E-state index in [4.69, 9.17) is 5.11 Å². The fourth-order valence-electron chi connectivity index (χ4n) is 0.434. The van der Waals surface area contributed by atoms with Gasteiger partial charge in [-0.3, -0.25) is 0 Å². The minimum absolute atomic E-state index is 0.530. The molecule has 0 fully saturated rings. The molecule has 1 N–H and O–H groups in total. The van der Waals surface area contributed by atoms with Crippen LogP contribution in [0.1, 0.15) is 18.7 Å². The van der Waals surface area contributed by atoms with Crippen molar-refractivity contribution in [1.29, 1.82) is 0 Å². The van der Waals surface area contributed by atoms with E-state index in [0.29, 0.717) is 5.69 Å². The van der Waals surface area contributed by atoms with E-state index in [2.05, 4.69) is 25.5 Å². The number of hydrogen-bond acceptors (Lipinski definition) is 4. The van der Waals surface area contributed by atoms with E-state index in [1.165, 1.54) is 11.5 Å². The number of nitrogens with zero attached hydrogens (tertiary/aromatic N) is 2. The summed E-state index contributed by atoms with van der Waals surface area (Å²) in [6.07, 6.45) is -0.530. The van der Waals surface area contributed by atoms with E-state index in [0.717, 1.165) is 3.79 Å². The summed E-state index contributed by atoms with van der Waals surface area (Å²) in [5.74, 6) is 0. The lowest BCUT2D eigenvalue weighted by Crippen LogP contribution is -1.91. The first kappa shape index (κ1) is 7.11. The summed E-state index contributed by atoms with van der Waals surface area (Å²) >= 11 is 4.43. The van der Waals surface area contributed by atoms with E-state index < -0.39 is 6.10 Å². The summed E-state index contributed by atoms with van der Waals surface area (Å²) < 4.78 is 4.43. The average molecular weight is 209 g/mol. The first-order chi connectivity index (χ1) is 4.22. The highest BCUT2D eigenvalue weighted by atomic mass is 79.9. The Bertz CT molecular complexity index is 200. The number of rotatable bonds is 1. The van der Waals surface area contributed by atoms with Crippen LogP contribution in [0.4, 0.5) is 0 Å². The molecule has 0 saturated carbocycles. The van der Waals surface area contributed by atoms with Crippen molar-refractivity contribution in [2.24, 2.45) is 0 Å². The van der Waals surface area contributed by atoms with E-state index in [9.17, 15) is 0 Å². The highest BCUT2D eigenvalue weighted by Gasteiger charge is 2.08. The molecule has 0 aliphatic heterocycles. The predicted octanol–water partition coefficient (Wildman–Crippen LogP) is 1.35. The van der Waals surface area contributed by atoms with Crippen LogP contribution in [-0.4, -0.2) is 14.7 Å². The molecular formula is C4H5BrN2OS. The quantitative estimate of drug-likeness (QED) is 0.759. The van der Waals surface area contributed by atoms with Crippen LogP contribution in [0.15, 0.2) is 3.79 Å². The topological polar surface area (TPSA) is 46.0 Å². The van der Waals surface area contributed by atoms with Crippen molar-refractivity contribution in [3.8, 4) is 0 Å². The summed E-state index contributed by atoms with van der Waals surface area (Å²) in [5.41, 5.74) is 0.611. The smallest absolute Gasteiger partial charge is 0.118 e. The van der Waals surface area contributed by atoms with Crippen molar-refractivity contribution in [3.63, 3.8) is 0 Å². The van der Waals surface area contributed by atoms with Gasteiger partial charge in [0.1, 0.15) is 9.48 Å². The van der Waals surface area contributed by atoms with Gasteiger partial charge in [-0.25, -0.2) is 0 Å². The molecule has 0 spiro atoms. The predicted molar refractivity (Wildman–Crippen MR) is 38.2 cm³/mol. The van der Waals surface area contributed by atoms with Crippen LogP contribution in [-0.2, 0) is 0 Å². The van der Waals surface area contributed by atoms with Gasteiger partial charge in [0, 0.05) is 0 Å². The molecule has 0 aliphatic rings. The van der Waals surface area contributed by atoms with Gasteiger partial charge in [0.15, 0.2) is 0 Å². The van der Waals surface area contributed by atoms with Crippen molar-refractivity contribution in [2.75, 3.05) is 0 Å². The number of aliphatic hydroxyl groups excluding tert-OH is 1. The Kier molecular flexibility index (Phi) is 2.15. The standard InChI is InChI=1S/C4H5BrN2OS/c1-2(8)3-4(5)9-7-6-3/h2,8H,1H3. The molecule has 1 aromatic heterocycles. The van der Waals surface area contributed by atoms with E-state index >= 15 is 0 Å². The van der Waals surface area contributed by atoms with Crippen molar-refractivity contribution < 1.29 is 5.11 Å². The van der Waals surface area contributed by atoms with Crippen LogP contribution in [0.5, 0.6) is 0 Å². The lowest BCUT2D eigenvalue weighted by atomic mass is 10.3. The molecule has 50 valence electrons. The van der Waals surface area contributed by atoms with Gasteiger partial charge in [-0.15, -0.1) is 5.10 Å². The molecule has 0 amide bonds. The maximum absolute atomic E-state index is 8.97. The van der Waals surface area contributed by atoms with Crippen LogP contribution in [0.3, 0.4) is 0 Å². The summed E-state index contributed by atoms with van der Waals surface area (Å²) in [6.45, 7) is 1.65. The van der Waals surface area contributed by atoms with Crippen LogP contribution < -0.4 is 0 Å². The fourth-order valence-corrected chi connectivity index (χ4v) is 1.54. The second kappa shape index (κ2) is 2.72. The van der Waals surface area contributed by atoms with Crippen molar-refractivity contribution >= 4 is 27.5 Å². The molecule has 0 aliphatic carbocycles. The van der Waals surface area contributed by atoms with Crippen LogP contribution in [0.25, 0.3) is 0 Å². The molecular weight excluding hydrogens is 204 g/mol. The summed E-state index contributed by atoms with van der Waals surface area (Å²) in [7, 11) is 0. The molecule has 9 heavy (non-hydrogen) atoms. The van der Waals surface area contributed by atoms with Gasteiger partial charge in [0.2, 0.25) is 0 Å². The van der Waals surface area contributed by atoms with Gasteiger partial charge in [-0.2, -0.15) is 0 Å². The maximum Gasteiger partial charge on any atom is 0.118 e. The summed E-state index contributed by atoms with van der Waals surface area (Å²) in [5, 5.41) is 12.7. The highest BCUT2D eigenvalue weighted by molar-refractivity contribution is 9.11. The Morgan fingerprint density at radius 1 is 1.78 bits per heavy atom. The van der Waals surface area contributed by atoms with Gasteiger partial charge >= 0.3 is 0 Å². The van der Waals surface area contributed by atoms with Crippen molar-refractivity contribution in [2.45, 2.75) is 13.0 Å². The molecule has 1 heterocycles. The summed E-state index contributed by atoms with van der Waals surface area (Å²) in [4.78, 5) is 0. The zero-order valence-corrected chi connectivity index (χ0v) is 7.11. The number of aliphatic hydroxyl groups is 1. The van der Waals surface area contributed by atoms with Crippen LogP contribution in [0.2, 0.25) is 0 Å². The molecule has 5 heteroatoms. The Morgan fingerprint density at radius 3 is 2.67 bits per heavy atom. The van der Waals surface area contributed by atoms with Gasteiger partial charge in [0.05, 0.1) is 6.10 Å². The Hall–Kier alpha value is -0.000000000000000111. The van der Waals surface area contributed by atoms with Gasteiger partial charge in [-0.1, -0.05) is 4.49 Å². The van der Waals surface area contributed by atoms with E-state index in [1.807, 2.05) is 0 Å². The van der Waals surface area contributed by atoms with Crippen LogP contribution in [0, 0.1) is 0 Å². The Morgan fingerprint density at radius 2 is 2.44 bits per heavy atom. The SMILES string of the molecule is CC(O)c1nnsc1Br. The van der Waals surface area contributed by atoms with Crippen molar-refractivity contribution in [3.05, 3.63) is 9.48 Å². The minimum atomic E-state index is -0.530. The lowest BCUT2D eigenvalue weighted by Gasteiger charge is -1.95. The Balaban J connectivity index is 2.94. The fraction of sp³-hybridized carbons (Fsp3) is 0.500. The molecule has 0 radical (unpaired) electrons. The average Bonchev–Trinajstić information content (AvgIpc) is 2.13. The van der Waals surface area contributed by atoms with Gasteiger partial charge in [0.25, 0.3) is 0 Å². The Labute approximate surface area is 65.0 Å². The highest BCUT2D eigenvalue weighted by Crippen LogP contribution is 2.23.